The van der Waals surface area contributed by atoms with Crippen LogP contribution < -0.4 is 10.2 Å². The van der Waals surface area contributed by atoms with Crippen molar-refractivity contribution in [3.8, 4) is 0 Å². The largest absolute Gasteiger partial charge is 0.467 e. The highest BCUT2D eigenvalue weighted by Gasteiger charge is 2.24. The van der Waals surface area contributed by atoms with Gasteiger partial charge in [0.2, 0.25) is 11.9 Å². The van der Waals surface area contributed by atoms with Crippen molar-refractivity contribution in [1.29, 1.82) is 0 Å². The van der Waals surface area contributed by atoms with Gasteiger partial charge in [-0.25, -0.2) is 0 Å². The van der Waals surface area contributed by atoms with Gasteiger partial charge in [0.15, 0.2) is 5.16 Å². The van der Waals surface area contributed by atoms with E-state index < -0.39 is 0 Å². The molecule has 1 aromatic carbocycles. The molecule has 2 aromatic heterocycles. The summed E-state index contributed by atoms with van der Waals surface area (Å²) in [4.78, 5) is 14.7. The molecule has 0 aliphatic carbocycles. The van der Waals surface area contributed by atoms with Gasteiger partial charge in [-0.1, -0.05) is 42.1 Å². The number of carbonyl (C=O) groups excluding carboxylic acids is 1. The number of benzene rings is 1. The summed E-state index contributed by atoms with van der Waals surface area (Å²) in [6.45, 7) is 5.78. The van der Waals surface area contributed by atoms with Crippen LogP contribution in [0.5, 0.6) is 0 Å². The van der Waals surface area contributed by atoms with Crippen LogP contribution in [-0.2, 0) is 22.6 Å². The van der Waals surface area contributed by atoms with Gasteiger partial charge in [0.25, 0.3) is 0 Å². The highest BCUT2D eigenvalue weighted by atomic mass is 32.2. The van der Waals surface area contributed by atoms with E-state index in [-0.39, 0.29) is 11.2 Å². The number of rotatable bonds is 8. The molecule has 1 aliphatic rings. The number of aromatic nitrogens is 3. The molecule has 158 valence electrons. The summed E-state index contributed by atoms with van der Waals surface area (Å²) in [6.07, 6.45) is 1.60. The van der Waals surface area contributed by atoms with Crippen LogP contribution in [-0.4, -0.2) is 52.2 Å². The number of nitrogens with one attached hydrogen (secondary N) is 1. The maximum atomic E-state index is 12.6. The molecule has 1 saturated heterocycles. The Morgan fingerprint density at radius 1 is 1.17 bits per heavy atom. The van der Waals surface area contributed by atoms with Gasteiger partial charge in [-0.2, -0.15) is 0 Å². The van der Waals surface area contributed by atoms with Crippen LogP contribution in [0.15, 0.2) is 58.3 Å². The average Bonchev–Trinajstić information content (AvgIpc) is 3.44. The number of amides is 1. The van der Waals surface area contributed by atoms with Crippen LogP contribution in [0.25, 0.3) is 0 Å². The minimum absolute atomic E-state index is 0.0708. The van der Waals surface area contributed by atoms with Crippen LogP contribution in [0.2, 0.25) is 0 Å². The Labute approximate surface area is 179 Å². The van der Waals surface area contributed by atoms with E-state index in [1.807, 2.05) is 31.2 Å². The molecule has 1 N–H and O–H groups in total. The second kappa shape index (κ2) is 9.82. The van der Waals surface area contributed by atoms with Crippen molar-refractivity contribution in [1.82, 2.24) is 20.1 Å². The quantitative estimate of drug-likeness (QED) is 0.553. The summed E-state index contributed by atoms with van der Waals surface area (Å²) < 4.78 is 12.8. The number of morpholine rings is 1. The first-order valence-electron chi connectivity index (χ1n) is 9.97. The molecular weight excluding hydrogens is 402 g/mol. The van der Waals surface area contributed by atoms with Crippen LogP contribution in [0.3, 0.4) is 0 Å². The van der Waals surface area contributed by atoms with E-state index in [0.29, 0.717) is 26.3 Å². The van der Waals surface area contributed by atoms with Gasteiger partial charge in [0.1, 0.15) is 5.76 Å². The monoisotopic (exact) mass is 427 g/mol. The number of hydrogen-bond acceptors (Lipinski definition) is 7. The standard InChI is InChI=1S/C21H25N5O3S/c1-16(19(27)22-14-18-8-5-11-29-18)30-21-24-23-20(25-9-12-28-13-10-25)26(21)15-17-6-3-2-4-7-17/h2-8,11,16H,9-10,12-15H2,1H3,(H,22,27). The summed E-state index contributed by atoms with van der Waals surface area (Å²) in [7, 11) is 0. The molecule has 1 unspecified atom stereocenters. The fourth-order valence-electron chi connectivity index (χ4n) is 3.21. The molecule has 3 aromatic rings. The molecule has 30 heavy (non-hydrogen) atoms. The maximum absolute atomic E-state index is 12.6. The van der Waals surface area contributed by atoms with Crippen molar-refractivity contribution in [2.45, 2.75) is 30.4 Å². The van der Waals surface area contributed by atoms with E-state index in [1.165, 1.54) is 11.8 Å². The van der Waals surface area contributed by atoms with Crippen LogP contribution >= 0.6 is 11.8 Å². The number of hydrogen-bond donors (Lipinski definition) is 1. The van der Waals surface area contributed by atoms with Gasteiger partial charge >= 0.3 is 0 Å². The summed E-state index contributed by atoms with van der Waals surface area (Å²) >= 11 is 1.41. The lowest BCUT2D eigenvalue weighted by Crippen LogP contribution is -2.38. The fraction of sp³-hybridized carbons (Fsp3) is 0.381. The molecule has 1 aliphatic heterocycles. The maximum Gasteiger partial charge on any atom is 0.233 e. The van der Waals surface area contributed by atoms with Crippen LogP contribution in [0.1, 0.15) is 18.2 Å². The van der Waals surface area contributed by atoms with Gasteiger partial charge in [-0.05, 0) is 24.6 Å². The van der Waals surface area contributed by atoms with Crippen molar-refractivity contribution in [2.24, 2.45) is 0 Å². The van der Waals surface area contributed by atoms with Gasteiger partial charge in [0.05, 0.1) is 37.8 Å². The zero-order valence-electron chi connectivity index (χ0n) is 16.9. The normalized spacial score (nSPS) is 15.2. The second-order valence-electron chi connectivity index (χ2n) is 7.01. The van der Waals surface area contributed by atoms with E-state index in [9.17, 15) is 4.79 Å². The number of thioether (sulfide) groups is 1. The minimum atomic E-state index is -0.323. The highest BCUT2D eigenvalue weighted by Crippen LogP contribution is 2.27. The molecule has 1 atom stereocenters. The van der Waals surface area contributed by atoms with Crippen molar-refractivity contribution < 1.29 is 13.9 Å². The fourth-order valence-corrected chi connectivity index (χ4v) is 4.08. The SMILES string of the molecule is CC(Sc1nnc(N2CCOCC2)n1Cc1ccccc1)C(=O)NCc1ccco1. The molecular formula is C21H25N5O3S. The van der Waals surface area contributed by atoms with Gasteiger partial charge < -0.3 is 19.4 Å². The molecule has 0 radical (unpaired) electrons. The third-order valence-electron chi connectivity index (χ3n) is 4.84. The van der Waals surface area contributed by atoms with Crippen LogP contribution in [0.4, 0.5) is 5.95 Å². The summed E-state index contributed by atoms with van der Waals surface area (Å²) in [5.74, 6) is 1.47. The Balaban J connectivity index is 1.49. The number of furan rings is 1. The Hall–Kier alpha value is -2.78. The second-order valence-corrected chi connectivity index (χ2v) is 8.32. The first-order chi connectivity index (χ1) is 14.7. The average molecular weight is 428 g/mol. The van der Waals surface area contributed by atoms with E-state index in [4.69, 9.17) is 9.15 Å². The van der Waals surface area contributed by atoms with Crippen molar-refractivity contribution in [3.05, 3.63) is 60.1 Å². The van der Waals surface area contributed by atoms with E-state index in [2.05, 4.69) is 37.1 Å². The Morgan fingerprint density at radius 2 is 1.97 bits per heavy atom. The van der Waals surface area contributed by atoms with Crippen molar-refractivity contribution >= 4 is 23.6 Å². The molecule has 0 saturated carbocycles. The lowest BCUT2D eigenvalue weighted by Gasteiger charge is -2.28. The summed E-state index contributed by atoms with van der Waals surface area (Å²) in [5.41, 5.74) is 1.16. The summed E-state index contributed by atoms with van der Waals surface area (Å²) in [6, 6.07) is 13.8. The minimum Gasteiger partial charge on any atom is -0.467 e. The molecule has 0 spiro atoms. The zero-order valence-corrected chi connectivity index (χ0v) is 17.7. The van der Waals surface area contributed by atoms with Crippen LogP contribution in [0, 0.1) is 0 Å². The van der Waals surface area contributed by atoms with Gasteiger partial charge in [0, 0.05) is 13.1 Å². The Kier molecular flexibility index (Phi) is 6.70. The van der Waals surface area contributed by atoms with E-state index in [0.717, 1.165) is 35.5 Å². The van der Waals surface area contributed by atoms with Gasteiger partial charge in [-0.15, -0.1) is 10.2 Å². The predicted molar refractivity (Wildman–Crippen MR) is 114 cm³/mol. The first-order valence-corrected chi connectivity index (χ1v) is 10.9. The number of carbonyl (C=O) groups is 1. The highest BCUT2D eigenvalue weighted by molar-refractivity contribution is 8.00. The number of nitrogens with zero attached hydrogens (tertiary/aromatic N) is 4. The first kappa shape index (κ1) is 20.5. The van der Waals surface area contributed by atoms with Crippen molar-refractivity contribution in [3.63, 3.8) is 0 Å². The Morgan fingerprint density at radius 3 is 2.70 bits per heavy atom. The molecule has 1 amide bonds. The summed E-state index contributed by atoms with van der Waals surface area (Å²) in [5, 5.41) is 12.2. The zero-order chi connectivity index (χ0) is 20.8. The molecule has 8 nitrogen and oxygen atoms in total. The molecule has 4 rings (SSSR count). The lowest BCUT2D eigenvalue weighted by molar-refractivity contribution is -0.120. The molecule has 3 heterocycles. The number of ether oxygens (including phenoxy) is 1. The Bertz CT molecular complexity index is 939. The van der Waals surface area contributed by atoms with Gasteiger partial charge in [-0.3, -0.25) is 9.36 Å². The smallest absolute Gasteiger partial charge is 0.233 e. The van der Waals surface area contributed by atoms with Crippen molar-refractivity contribution in [2.75, 3.05) is 31.2 Å². The lowest BCUT2D eigenvalue weighted by atomic mass is 10.2. The third kappa shape index (κ3) is 5.03. The predicted octanol–water partition coefficient (Wildman–Crippen LogP) is 2.55. The van der Waals surface area contributed by atoms with E-state index in [1.54, 1.807) is 12.3 Å². The molecule has 1 fully saturated rings. The van der Waals surface area contributed by atoms with E-state index >= 15 is 0 Å². The molecule has 9 heteroatoms. The number of anilines is 1. The molecule has 0 bridgehead atoms. The topological polar surface area (TPSA) is 85.4 Å². The third-order valence-corrected chi connectivity index (χ3v) is 5.92.